The van der Waals surface area contributed by atoms with E-state index in [0.29, 0.717) is 27.8 Å². The molecular weight excluding hydrogens is 281 g/mol. The van der Waals surface area contributed by atoms with Crippen LogP contribution in [0.25, 0.3) is 17.1 Å². The highest BCUT2D eigenvalue weighted by molar-refractivity contribution is 6.30. The number of nitrogens with two attached hydrogens (primary N) is 1. The van der Waals surface area contributed by atoms with Crippen molar-refractivity contribution in [3.63, 3.8) is 0 Å². The average Bonchev–Trinajstić information content (AvgIpc) is 2.90. The topological polar surface area (TPSA) is 69.6 Å². The molecule has 7 heteroatoms. The standard InChI is InChI=1S/C13H9ClFN5/c14-8-2-1-3-10(6-8)20-13(17-18-19-20)11-7-9(15)4-5-12(11)16/h1-7H,16H2. The summed E-state index contributed by atoms with van der Waals surface area (Å²) in [6, 6.07) is 11.1. The van der Waals surface area contributed by atoms with E-state index >= 15 is 0 Å². The first-order valence-electron chi connectivity index (χ1n) is 5.75. The number of aromatic nitrogens is 4. The number of nitrogen functional groups attached to an aromatic ring is 1. The summed E-state index contributed by atoms with van der Waals surface area (Å²) in [5.74, 6) is -0.0564. The molecule has 0 saturated heterocycles. The van der Waals surface area contributed by atoms with Crippen molar-refractivity contribution in [1.82, 2.24) is 20.2 Å². The first-order valence-corrected chi connectivity index (χ1v) is 6.12. The van der Waals surface area contributed by atoms with Crippen molar-refractivity contribution in [3.05, 3.63) is 53.3 Å². The van der Waals surface area contributed by atoms with E-state index < -0.39 is 5.82 Å². The highest BCUT2D eigenvalue weighted by Crippen LogP contribution is 2.26. The number of anilines is 1. The number of hydrogen-bond acceptors (Lipinski definition) is 4. The van der Waals surface area contributed by atoms with Gasteiger partial charge in [-0.3, -0.25) is 0 Å². The van der Waals surface area contributed by atoms with Gasteiger partial charge in [0.1, 0.15) is 5.82 Å². The Morgan fingerprint density at radius 3 is 2.80 bits per heavy atom. The van der Waals surface area contributed by atoms with Crippen LogP contribution in [0.5, 0.6) is 0 Å². The summed E-state index contributed by atoms with van der Waals surface area (Å²) in [6.07, 6.45) is 0. The second kappa shape index (κ2) is 4.90. The molecule has 2 N–H and O–H groups in total. The van der Waals surface area contributed by atoms with Gasteiger partial charge in [0.15, 0.2) is 5.82 Å². The summed E-state index contributed by atoms with van der Waals surface area (Å²) < 4.78 is 14.8. The van der Waals surface area contributed by atoms with Crippen LogP contribution < -0.4 is 5.73 Å². The van der Waals surface area contributed by atoms with Crippen molar-refractivity contribution in [1.29, 1.82) is 0 Å². The summed E-state index contributed by atoms with van der Waals surface area (Å²) in [5.41, 5.74) is 7.34. The molecule has 0 amide bonds. The van der Waals surface area contributed by atoms with Gasteiger partial charge in [-0.25, -0.2) is 4.39 Å². The Morgan fingerprint density at radius 2 is 2.00 bits per heavy atom. The summed E-state index contributed by atoms with van der Waals surface area (Å²) >= 11 is 5.95. The number of hydrogen-bond donors (Lipinski definition) is 1. The van der Waals surface area contributed by atoms with E-state index in [1.165, 1.54) is 22.9 Å². The van der Waals surface area contributed by atoms with Crippen molar-refractivity contribution in [2.75, 3.05) is 5.73 Å². The predicted octanol–water partition coefficient (Wildman–Crippen LogP) is 2.70. The third-order valence-electron chi connectivity index (χ3n) is 2.78. The number of rotatable bonds is 2. The van der Waals surface area contributed by atoms with Crippen molar-refractivity contribution < 1.29 is 4.39 Å². The molecule has 2 aromatic carbocycles. The van der Waals surface area contributed by atoms with E-state index in [1.54, 1.807) is 24.3 Å². The van der Waals surface area contributed by atoms with E-state index in [9.17, 15) is 4.39 Å². The molecule has 1 heterocycles. The molecule has 0 fully saturated rings. The molecule has 0 saturated carbocycles. The molecule has 3 rings (SSSR count). The van der Waals surface area contributed by atoms with Crippen molar-refractivity contribution in [2.24, 2.45) is 0 Å². The van der Waals surface area contributed by atoms with E-state index in [0.717, 1.165) is 0 Å². The highest BCUT2D eigenvalue weighted by atomic mass is 35.5. The van der Waals surface area contributed by atoms with Crippen LogP contribution >= 0.6 is 11.6 Å². The molecule has 0 radical (unpaired) electrons. The molecule has 3 aromatic rings. The smallest absolute Gasteiger partial charge is 0.189 e. The minimum absolute atomic E-state index is 0.351. The predicted molar refractivity (Wildman–Crippen MR) is 74.0 cm³/mol. The van der Waals surface area contributed by atoms with Crippen molar-refractivity contribution in [3.8, 4) is 17.1 Å². The lowest BCUT2D eigenvalue weighted by atomic mass is 10.1. The van der Waals surface area contributed by atoms with E-state index in [1.807, 2.05) is 0 Å². The Bertz CT molecular complexity index is 771. The summed E-state index contributed by atoms with van der Waals surface area (Å²) in [6.45, 7) is 0. The molecule has 0 unspecified atom stereocenters. The van der Waals surface area contributed by atoms with E-state index in [-0.39, 0.29) is 0 Å². The molecule has 1 aromatic heterocycles. The van der Waals surface area contributed by atoms with Crippen LogP contribution in [0.2, 0.25) is 5.02 Å². The molecule has 0 spiro atoms. The summed E-state index contributed by atoms with van der Waals surface area (Å²) in [5, 5.41) is 12.0. The molecule has 0 bridgehead atoms. The first-order chi connectivity index (χ1) is 9.65. The highest BCUT2D eigenvalue weighted by Gasteiger charge is 2.14. The fourth-order valence-corrected chi connectivity index (χ4v) is 2.04. The second-order valence-electron chi connectivity index (χ2n) is 4.13. The lowest BCUT2D eigenvalue weighted by molar-refractivity contribution is 0.628. The van der Waals surface area contributed by atoms with Gasteiger partial charge in [0.2, 0.25) is 0 Å². The molecule has 5 nitrogen and oxygen atoms in total. The van der Waals surface area contributed by atoms with Gasteiger partial charge in [0, 0.05) is 16.3 Å². The van der Waals surface area contributed by atoms with Gasteiger partial charge in [0.25, 0.3) is 0 Å². The maximum absolute atomic E-state index is 13.4. The zero-order valence-electron chi connectivity index (χ0n) is 10.2. The Morgan fingerprint density at radius 1 is 1.15 bits per heavy atom. The summed E-state index contributed by atoms with van der Waals surface area (Å²) in [4.78, 5) is 0. The third-order valence-corrected chi connectivity index (χ3v) is 3.01. The van der Waals surface area contributed by atoms with Crippen molar-refractivity contribution in [2.45, 2.75) is 0 Å². The normalized spacial score (nSPS) is 10.7. The second-order valence-corrected chi connectivity index (χ2v) is 4.56. The van der Waals surface area contributed by atoms with Crippen LogP contribution in [0, 0.1) is 5.82 Å². The van der Waals surface area contributed by atoms with Crippen LogP contribution in [0.15, 0.2) is 42.5 Å². The molecule has 0 aliphatic rings. The lowest BCUT2D eigenvalue weighted by Crippen LogP contribution is -2.02. The minimum Gasteiger partial charge on any atom is -0.398 e. The average molecular weight is 290 g/mol. The maximum atomic E-state index is 13.4. The number of halogens is 2. The summed E-state index contributed by atoms with van der Waals surface area (Å²) in [7, 11) is 0. The molecule has 0 aliphatic heterocycles. The molecule has 100 valence electrons. The fraction of sp³-hybridized carbons (Fsp3) is 0. The first kappa shape index (κ1) is 12.6. The zero-order chi connectivity index (χ0) is 14.1. The Kier molecular flexibility index (Phi) is 3.08. The van der Waals surface area contributed by atoms with Gasteiger partial charge in [-0.2, -0.15) is 4.68 Å². The largest absolute Gasteiger partial charge is 0.398 e. The third kappa shape index (κ3) is 2.21. The Balaban J connectivity index is 2.18. The molecular formula is C13H9ClFN5. The van der Waals surface area contributed by atoms with Gasteiger partial charge < -0.3 is 5.73 Å². The minimum atomic E-state index is -0.408. The van der Waals surface area contributed by atoms with Crippen LogP contribution in [0.1, 0.15) is 0 Å². The number of tetrazole rings is 1. The zero-order valence-corrected chi connectivity index (χ0v) is 10.9. The van der Waals surface area contributed by atoms with Gasteiger partial charge in [-0.15, -0.1) is 5.10 Å². The van der Waals surface area contributed by atoms with Gasteiger partial charge in [0.05, 0.1) is 5.69 Å². The number of benzene rings is 2. The monoisotopic (exact) mass is 289 g/mol. The van der Waals surface area contributed by atoms with Gasteiger partial charge in [-0.1, -0.05) is 17.7 Å². The molecule has 0 atom stereocenters. The van der Waals surface area contributed by atoms with Gasteiger partial charge >= 0.3 is 0 Å². The molecule has 20 heavy (non-hydrogen) atoms. The van der Waals surface area contributed by atoms with E-state index in [4.69, 9.17) is 17.3 Å². The van der Waals surface area contributed by atoms with Crippen LogP contribution in [-0.2, 0) is 0 Å². The van der Waals surface area contributed by atoms with Crippen molar-refractivity contribution >= 4 is 17.3 Å². The number of nitrogens with zero attached hydrogens (tertiary/aromatic N) is 4. The van der Waals surface area contributed by atoms with E-state index in [2.05, 4.69) is 15.5 Å². The lowest BCUT2D eigenvalue weighted by Gasteiger charge is -2.07. The van der Waals surface area contributed by atoms with Crippen LogP contribution in [0.3, 0.4) is 0 Å². The SMILES string of the molecule is Nc1ccc(F)cc1-c1nnnn1-c1cccc(Cl)c1. The quantitative estimate of drug-likeness (QED) is 0.736. The fourth-order valence-electron chi connectivity index (χ4n) is 1.86. The van der Waals surface area contributed by atoms with Crippen LogP contribution in [0.4, 0.5) is 10.1 Å². The maximum Gasteiger partial charge on any atom is 0.189 e. The van der Waals surface area contributed by atoms with Gasteiger partial charge in [-0.05, 0) is 46.8 Å². The Labute approximate surface area is 118 Å². The Hall–Kier alpha value is -2.47. The molecule has 0 aliphatic carbocycles. The van der Waals surface area contributed by atoms with Crippen LogP contribution in [-0.4, -0.2) is 20.2 Å².